The number of aryl methyl sites for hydroxylation is 1. The fraction of sp³-hybridized carbons (Fsp3) is 0.390. The Morgan fingerprint density at radius 3 is 2.54 bits per heavy atom. The van der Waals surface area contributed by atoms with Gasteiger partial charge in [-0.25, -0.2) is 15.0 Å². The number of benzene rings is 2. The number of aliphatic carboxylic acids is 1. The lowest BCUT2D eigenvalue weighted by Crippen LogP contribution is -2.48. The van der Waals surface area contributed by atoms with Crippen molar-refractivity contribution in [2.75, 3.05) is 25.0 Å². The highest BCUT2D eigenvalue weighted by atomic mass is 35.5. The van der Waals surface area contributed by atoms with Crippen molar-refractivity contribution in [2.24, 2.45) is 11.3 Å². The van der Waals surface area contributed by atoms with Crippen LogP contribution in [0.4, 0.5) is 20.3 Å². The van der Waals surface area contributed by atoms with Crippen molar-refractivity contribution in [1.29, 1.82) is 0 Å². The SMILES string of the molecule is Cc1cc(-c2cccc(-c3cccc(Nc4nccc5sc(CN6CCC7(CC6)CC(C(=O)O)C7)nc45)c3Cl)c2Cl)nc(OC(F)F)c1CNC[C@@H]1CCC(=O)N1. The average molecular weight is 837 g/mol. The van der Waals surface area contributed by atoms with Gasteiger partial charge in [-0.05, 0) is 81.3 Å². The van der Waals surface area contributed by atoms with Gasteiger partial charge in [-0.2, -0.15) is 8.78 Å². The molecule has 0 radical (unpaired) electrons. The van der Waals surface area contributed by atoms with Gasteiger partial charge in [-0.1, -0.05) is 53.5 Å². The molecule has 2 aliphatic heterocycles. The zero-order valence-electron chi connectivity index (χ0n) is 31.1. The van der Waals surface area contributed by atoms with E-state index >= 15 is 0 Å². The van der Waals surface area contributed by atoms with Crippen molar-refractivity contribution < 1.29 is 28.2 Å². The molecular weight excluding hydrogens is 795 g/mol. The second-order valence-electron chi connectivity index (χ2n) is 15.2. The standard InChI is InChI=1S/C41H41Cl2F2N7O4S/c1-22-16-30(50-38(56-40(44)45)28(22)20-46-19-24-8-9-32(53)48-24)27-6-2-4-25(34(27)42)26-5-3-7-29(35(26)43)49-37-36-31(10-13-47-37)57-33(51-36)21-52-14-11-41(12-15-52)17-23(18-41)39(54)55/h2-7,10,13,16,23-24,40,46H,8-9,11-12,14-15,17-21H2,1H3,(H,47,49)(H,48,53)(H,54,55)/t24-/m0/s1. The highest BCUT2D eigenvalue weighted by molar-refractivity contribution is 7.18. The summed E-state index contributed by atoms with van der Waals surface area (Å²) in [6.07, 6.45) is 6.51. The Hall–Kier alpha value is -4.47. The monoisotopic (exact) mass is 835 g/mol. The molecule has 1 aliphatic carbocycles. The first-order valence-corrected chi connectivity index (χ1v) is 20.5. The lowest BCUT2D eigenvalue weighted by atomic mass is 9.57. The molecule has 5 aromatic rings. The summed E-state index contributed by atoms with van der Waals surface area (Å²) in [5, 5.41) is 20.6. The first-order chi connectivity index (χ1) is 27.4. The number of halogens is 4. The van der Waals surface area contributed by atoms with Crippen LogP contribution in [0.25, 0.3) is 32.6 Å². The topological polar surface area (TPSA) is 142 Å². The van der Waals surface area contributed by atoms with Crippen molar-refractivity contribution >= 4 is 68.1 Å². The molecule has 0 unspecified atom stereocenters. The van der Waals surface area contributed by atoms with Crippen LogP contribution in [0.2, 0.25) is 10.0 Å². The molecule has 16 heteroatoms. The summed E-state index contributed by atoms with van der Waals surface area (Å²) in [4.78, 5) is 39.4. The van der Waals surface area contributed by atoms with E-state index in [0.717, 1.165) is 54.0 Å². The molecule has 1 amide bonds. The van der Waals surface area contributed by atoms with Gasteiger partial charge in [0, 0.05) is 54.0 Å². The maximum Gasteiger partial charge on any atom is 0.388 e. The van der Waals surface area contributed by atoms with E-state index in [2.05, 4.69) is 30.8 Å². The number of ether oxygens (including phenoxy) is 1. The van der Waals surface area contributed by atoms with Gasteiger partial charge in [0.2, 0.25) is 11.8 Å². The second kappa shape index (κ2) is 16.4. The number of pyridine rings is 2. The third-order valence-electron chi connectivity index (χ3n) is 11.4. The Labute approximate surface area is 342 Å². The van der Waals surface area contributed by atoms with Gasteiger partial charge in [0.1, 0.15) is 10.5 Å². The van der Waals surface area contributed by atoms with E-state index in [4.69, 9.17) is 32.9 Å². The normalized spacial score (nSPS) is 18.3. The van der Waals surface area contributed by atoms with Crippen molar-refractivity contribution in [1.82, 2.24) is 30.5 Å². The molecule has 5 heterocycles. The van der Waals surface area contributed by atoms with Crippen LogP contribution in [0.5, 0.6) is 5.88 Å². The van der Waals surface area contributed by atoms with Crippen LogP contribution in [0.1, 0.15) is 54.7 Å². The molecule has 1 saturated carbocycles. The van der Waals surface area contributed by atoms with Gasteiger partial charge in [-0.3, -0.25) is 14.5 Å². The van der Waals surface area contributed by atoms with E-state index in [0.29, 0.717) is 81.0 Å². The largest absolute Gasteiger partial charge is 0.481 e. The van der Waals surface area contributed by atoms with Crippen molar-refractivity contribution in [3.05, 3.63) is 80.9 Å². The molecule has 1 atom stereocenters. The van der Waals surface area contributed by atoms with E-state index in [1.807, 2.05) is 36.4 Å². The van der Waals surface area contributed by atoms with E-state index < -0.39 is 12.6 Å². The van der Waals surface area contributed by atoms with Crippen molar-refractivity contribution in [3.8, 4) is 28.3 Å². The van der Waals surface area contributed by atoms with Gasteiger partial charge in [0.25, 0.3) is 0 Å². The van der Waals surface area contributed by atoms with Crippen molar-refractivity contribution in [2.45, 2.75) is 71.2 Å². The molecule has 4 N–H and O–H groups in total. The summed E-state index contributed by atoms with van der Waals surface area (Å²) in [6.45, 7) is 1.98. The summed E-state index contributed by atoms with van der Waals surface area (Å²) >= 11 is 15.8. The maximum atomic E-state index is 13.6. The fourth-order valence-electron chi connectivity index (χ4n) is 8.31. The predicted molar refractivity (Wildman–Crippen MR) is 217 cm³/mol. The molecule has 3 aromatic heterocycles. The molecule has 3 fully saturated rings. The first-order valence-electron chi connectivity index (χ1n) is 18.9. The van der Waals surface area contributed by atoms with Gasteiger partial charge in [0.15, 0.2) is 5.82 Å². The van der Waals surface area contributed by atoms with Crippen LogP contribution in [0.15, 0.2) is 54.7 Å². The number of thiazole rings is 1. The van der Waals surface area contributed by atoms with Gasteiger partial charge in [-0.15, -0.1) is 11.3 Å². The lowest BCUT2D eigenvalue weighted by Gasteiger charge is -2.50. The third-order valence-corrected chi connectivity index (χ3v) is 13.3. The summed E-state index contributed by atoms with van der Waals surface area (Å²) in [6, 6.07) is 14.7. The molecule has 3 aliphatic rings. The summed E-state index contributed by atoms with van der Waals surface area (Å²) in [7, 11) is 0. The van der Waals surface area contributed by atoms with Gasteiger partial charge >= 0.3 is 12.6 Å². The number of carbonyl (C=O) groups is 2. The van der Waals surface area contributed by atoms with E-state index in [1.165, 1.54) is 0 Å². The molecule has 0 bridgehead atoms. The number of hydrogen-bond acceptors (Lipinski definition) is 10. The number of nitrogens with one attached hydrogen (secondary N) is 3. The summed E-state index contributed by atoms with van der Waals surface area (Å²) in [5.74, 6) is -0.503. The number of carboxylic acid groups (broad SMARTS) is 1. The minimum atomic E-state index is -3.09. The average Bonchev–Trinajstić information content (AvgIpc) is 3.78. The fourth-order valence-corrected chi connectivity index (χ4v) is 9.92. The Balaban J connectivity index is 0.999. The summed E-state index contributed by atoms with van der Waals surface area (Å²) < 4.78 is 33.2. The first kappa shape index (κ1) is 39.4. The molecule has 57 heavy (non-hydrogen) atoms. The molecule has 8 rings (SSSR count). The molecule has 2 saturated heterocycles. The second-order valence-corrected chi connectivity index (χ2v) is 17.1. The number of carboxylic acids is 1. The third kappa shape index (κ3) is 8.42. The number of alkyl halides is 2. The Morgan fingerprint density at radius 2 is 1.82 bits per heavy atom. The minimum Gasteiger partial charge on any atom is -0.481 e. The van der Waals surface area contributed by atoms with Crippen LogP contribution < -0.4 is 20.7 Å². The molecule has 2 aromatic carbocycles. The van der Waals surface area contributed by atoms with Gasteiger partial charge < -0.3 is 25.8 Å². The van der Waals surface area contributed by atoms with Crippen LogP contribution in [-0.4, -0.2) is 69.1 Å². The van der Waals surface area contributed by atoms with Crippen molar-refractivity contribution in [3.63, 3.8) is 0 Å². The van der Waals surface area contributed by atoms with Crippen LogP contribution in [-0.2, 0) is 22.7 Å². The number of hydrogen-bond donors (Lipinski definition) is 4. The summed E-state index contributed by atoms with van der Waals surface area (Å²) in [5.41, 5.74) is 4.83. The highest BCUT2D eigenvalue weighted by Crippen LogP contribution is 2.53. The lowest BCUT2D eigenvalue weighted by molar-refractivity contribution is -0.152. The highest BCUT2D eigenvalue weighted by Gasteiger charge is 2.48. The number of amides is 1. The zero-order valence-corrected chi connectivity index (χ0v) is 33.4. The van der Waals surface area contributed by atoms with Crippen LogP contribution >= 0.6 is 34.5 Å². The predicted octanol–water partition coefficient (Wildman–Crippen LogP) is 8.83. The Morgan fingerprint density at radius 1 is 1.09 bits per heavy atom. The number of anilines is 2. The molecule has 298 valence electrons. The maximum absolute atomic E-state index is 13.6. The smallest absolute Gasteiger partial charge is 0.388 e. The number of likely N-dealkylation sites (tertiary alicyclic amines) is 1. The quantitative estimate of drug-likeness (QED) is 0.0910. The number of fused-ring (bicyclic) bond motifs is 1. The zero-order chi connectivity index (χ0) is 39.8. The molecule has 11 nitrogen and oxygen atoms in total. The Bertz CT molecular complexity index is 2330. The van der Waals surface area contributed by atoms with Gasteiger partial charge in [0.05, 0.1) is 38.6 Å². The molecular formula is C41H41Cl2F2N7O4S. The number of nitrogens with zero attached hydrogens (tertiary/aromatic N) is 4. The minimum absolute atomic E-state index is 0.00103. The van der Waals surface area contributed by atoms with E-state index in [-0.39, 0.29) is 35.7 Å². The molecule has 1 spiro atoms. The van der Waals surface area contributed by atoms with Crippen LogP contribution in [0.3, 0.4) is 0 Å². The number of aromatic nitrogens is 3. The number of piperidine rings is 1. The number of rotatable bonds is 13. The number of carbonyl (C=O) groups excluding carboxylic acids is 1. The van der Waals surface area contributed by atoms with E-state index in [9.17, 15) is 23.5 Å². The van der Waals surface area contributed by atoms with Crippen LogP contribution in [0, 0.1) is 18.3 Å². The Kier molecular flexibility index (Phi) is 11.3. The van der Waals surface area contributed by atoms with E-state index in [1.54, 1.807) is 36.6 Å².